The van der Waals surface area contributed by atoms with Gasteiger partial charge in [0, 0.05) is 6.61 Å². The molecule has 0 aromatic heterocycles. The van der Waals surface area contributed by atoms with Gasteiger partial charge in [0.25, 0.3) is 10.1 Å². The smallest absolute Gasteiger partial charge is 0.261 e. The molecule has 0 fully saturated rings. The Morgan fingerprint density at radius 2 is 1.07 bits per heavy atom. The first-order chi connectivity index (χ1) is 13.9. The van der Waals surface area contributed by atoms with Gasteiger partial charge in [0.05, 0.1) is 11.0 Å². The zero-order chi connectivity index (χ0) is 21.2. The van der Waals surface area contributed by atoms with E-state index in [0.29, 0.717) is 6.26 Å². The third-order valence-electron chi connectivity index (χ3n) is 4.16. The highest BCUT2D eigenvalue weighted by atomic mass is 32.2. The zero-order valence-corrected chi connectivity index (χ0v) is 17.9. The second-order valence-electron chi connectivity index (χ2n) is 6.44. The predicted octanol–water partition coefficient (Wildman–Crippen LogP) is 4.60. The summed E-state index contributed by atoms with van der Waals surface area (Å²) in [5.41, 5.74) is 3.81. The Morgan fingerprint density at radius 3 is 1.34 bits per heavy atom. The fourth-order valence-electron chi connectivity index (χ4n) is 3.06. The highest BCUT2D eigenvalue weighted by Crippen LogP contribution is 2.48. The second-order valence-corrected chi connectivity index (χ2v) is 9.21. The van der Waals surface area contributed by atoms with Crippen molar-refractivity contribution in [1.82, 2.24) is 0 Å². The average molecular weight is 431 g/mol. The van der Waals surface area contributed by atoms with Gasteiger partial charge in [-0.3, -0.25) is 4.55 Å². The summed E-state index contributed by atoms with van der Waals surface area (Å²) in [6.07, 6.45) is 1.51. The summed E-state index contributed by atoms with van der Waals surface area (Å²) in [6, 6.07) is 32.0. The Bertz CT molecular complexity index is 839. The van der Waals surface area contributed by atoms with Crippen LogP contribution in [-0.2, 0) is 14.9 Å². The maximum absolute atomic E-state index is 9.26. The monoisotopic (exact) mass is 430 g/mol. The molecule has 154 valence electrons. The van der Waals surface area contributed by atoms with E-state index in [9.17, 15) is 13.5 Å². The highest BCUT2D eigenvalue weighted by molar-refractivity contribution is 8.00. The molecule has 6 heteroatoms. The first-order valence-electron chi connectivity index (χ1n) is 9.22. The van der Waals surface area contributed by atoms with Gasteiger partial charge in [-0.25, -0.2) is 0 Å². The molecule has 0 aliphatic carbocycles. The minimum absolute atomic E-state index is 0.224. The van der Waals surface area contributed by atoms with Crippen LogP contribution in [-0.4, -0.2) is 36.7 Å². The van der Waals surface area contributed by atoms with E-state index in [1.807, 2.05) is 11.8 Å². The number of aliphatic hydroxyl groups excluding tert-OH is 1. The molecular formula is C23H26O4S2. The molecule has 3 rings (SSSR count). The first kappa shape index (κ1) is 23.2. The molecule has 0 bridgehead atoms. The van der Waals surface area contributed by atoms with E-state index < -0.39 is 10.1 Å². The third kappa shape index (κ3) is 7.01. The van der Waals surface area contributed by atoms with E-state index in [1.165, 1.54) is 16.7 Å². The Morgan fingerprint density at radius 1 is 0.759 bits per heavy atom. The maximum atomic E-state index is 9.26. The van der Waals surface area contributed by atoms with Crippen molar-refractivity contribution in [1.29, 1.82) is 0 Å². The van der Waals surface area contributed by atoms with E-state index in [2.05, 4.69) is 91.0 Å². The van der Waals surface area contributed by atoms with Crippen LogP contribution in [0.1, 0.15) is 23.1 Å². The molecule has 0 heterocycles. The van der Waals surface area contributed by atoms with Crippen LogP contribution in [0.2, 0.25) is 0 Å². The molecule has 0 aliphatic heterocycles. The van der Waals surface area contributed by atoms with Crippen molar-refractivity contribution in [2.45, 2.75) is 11.2 Å². The van der Waals surface area contributed by atoms with Gasteiger partial charge in [0.1, 0.15) is 0 Å². The van der Waals surface area contributed by atoms with E-state index in [0.717, 1.165) is 12.2 Å². The molecule has 0 aliphatic rings. The molecule has 0 saturated carbocycles. The molecule has 0 radical (unpaired) electrons. The van der Waals surface area contributed by atoms with Crippen molar-refractivity contribution in [3.05, 3.63) is 108 Å². The molecule has 0 amide bonds. The summed E-state index contributed by atoms with van der Waals surface area (Å²) in [6.45, 7) is 0.224. The summed E-state index contributed by atoms with van der Waals surface area (Å²) in [5, 5.41) is 9.26. The van der Waals surface area contributed by atoms with Crippen LogP contribution < -0.4 is 0 Å². The minimum atomic E-state index is -3.67. The van der Waals surface area contributed by atoms with E-state index in [-0.39, 0.29) is 11.4 Å². The molecule has 0 atom stereocenters. The number of hydrogen-bond acceptors (Lipinski definition) is 4. The van der Waals surface area contributed by atoms with Crippen LogP contribution in [0.5, 0.6) is 0 Å². The van der Waals surface area contributed by atoms with Gasteiger partial charge in [0.2, 0.25) is 0 Å². The zero-order valence-electron chi connectivity index (χ0n) is 16.3. The SMILES string of the molecule is CS(=O)(=O)O.OCCCSC(c1ccccc1)(c1ccccc1)c1ccccc1. The van der Waals surface area contributed by atoms with Gasteiger partial charge in [0.15, 0.2) is 0 Å². The summed E-state index contributed by atoms with van der Waals surface area (Å²) in [4.78, 5) is 0. The first-order valence-corrected chi connectivity index (χ1v) is 12.0. The van der Waals surface area contributed by atoms with Crippen LogP contribution in [0.25, 0.3) is 0 Å². The minimum Gasteiger partial charge on any atom is -0.396 e. The number of thioether (sulfide) groups is 1. The van der Waals surface area contributed by atoms with Crippen LogP contribution in [0, 0.1) is 0 Å². The number of hydrogen-bond donors (Lipinski definition) is 2. The van der Waals surface area contributed by atoms with Gasteiger partial charge in [-0.15, -0.1) is 11.8 Å². The fourth-order valence-corrected chi connectivity index (χ4v) is 4.55. The lowest BCUT2D eigenvalue weighted by Gasteiger charge is -2.35. The molecule has 3 aromatic rings. The largest absolute Gasteiger partial charge is 0.396 e. The quantitative estimate of drug-likeness (QED) is 0.326. The number of rotatable bonds is 7. The lowest BCUT2D eigenvalue weighted by atomic mass is 9.84. The predicted molar refractivity (Wildman–Crippen MR) is 121 cm³/mol. The Balaban J connectivity index is 0.000000537. The summed E-state index contributed by atoms with van der Waals surface area (Å²) < 4.78 is 25.6. The fraction of sp³-hybridized carbons (Fsp3) is 0.217. The Kier molecular flexibility index (Phi) is 8.92. The molecule has 29 heavy (non-hydrogen) atoms. The molecule has 2 N–H and O–H groups in total. The lowest BCUT2D eigenvalue weighted by Crippen LogP contribution is -2.26. The summed E-state index contributed by atoms with van der Waals surface area (Å²) in [7, 11) is -3.67. The summed E-state index contributed by atoms with van der Waals surface area (Å²) in [5.74, 6) is 0.898. The van der Waals surface area contributed by atoms with Crippen LogP contribution in [0.4, 0.5) is 0 Å². The molecule has 0 saturated heterocycles. The van der Waals surface area contributed by atoms with Gasteiger partial charge >= 0.3 is 0 Å². The van der Waals surface area contributed by atoms with Crippen LogP contribution in [0.15, 0.2) is 91.0 Å². The van der Waals surface area contributed by atoms with Gasteiger partial charge in [-0.2, -0.15) is 8.42 Å². The van der Waals surface area contributed by atoms with E-state index in [1.54, 1.807) is 0 Å². The maximum Gasteiger partial charge on any atom is 0.261 e. The molecular weight excluding hydrogens is 404 g/mol. The van der Waals surface area contributed by atoms with Crippen molar-refractivity contribution in [2.75, 3.05) is 18.6 Å². The number of benzene rings is 3. The topological polar surface area (TPSA) is 74.6 Å². The molecule has 0 unspecified atom stereocenters. The van der Waals surface area contributed by atoms with Crippen LogP contribution in [0.3, 0.4) is 0 Å². The normalized spacial score (nSPS) is 11.4. The van der Waals surface area contributed by atoms with Gasteiger partial charge in [-0.05, 0) is 28.9 Å². The van der Waals surface area contributed by atoms with Gasteiger partial charge in [-0.1, -0.05) is 91.0 Å². The lowest BCUT2D eigenvalue weighted by molar-refractivity contribution is 0.296. The molecule has 0 spiro atoms. The average Bonchev–Trinajstić information content (AvgIpc) is 2.72. The van der Waals surface area contributed by atoms with Crippen molar-refractivity contribution >= 4 is 21.9 Å². The van der Waals surface area contributed by atoms with E-state index in [4.69, 9.17) is 4.55 Å². The van der Waals surface area contributed by atoms with Crippen molar-refractivity contribution in [3.63, 3.8) is 0 Å². The Hall–Kier alpha value is -2.12. The second kappa shape index (κ2) is 11.2. The van der Waals surface area contributed by atoms with Crippen molar-refractivity contribution in [3.8, 4) is 0 Å². The van der Waals surface area contributed by atoms with Crippen molar-refractivity contribution in [2.24, 2.45) is 0 Å². The molecule has 4 nitrogen and oxygen atoms in total. The standard InChI is InChI=1S/C22H22OS.CH4O3S/c23-17-10-18-24-22(19-11-4-1-5-12-19,20-13-6-2-7-14-20)21-15-8-3-9-16-21;1-5(2,3)4/h1-9,11-16,23H,10,17-18H2;1H3,(H,2,3,4). The van der Waals surface area contributed by atoms with Crippen LogP contribution >= 0.6 is 11.8 Å². The van der Waals surface area contributed by atoms with Crippen molar-refractivity contribution < 1.29 is 18.1 Å². The van der Waals surface area contributed by atoms with Gasteiger partial charge < -0.3 is 5.11 Å². The van der Waals surface area contributed by atoms with E-state index >= 15 is 0 Å². The number of aliphatic hydroxyl groups is 1. The molecule has 3 aromatic carbocycles. The highest BCUT2D eigenvalue weighted by Gasteiger charge is 2.36. The summed E-state index contributed by atoms with van der Waals surface area (Å²) >= 11 is 1.89. The third-order valence-corrected chi connectivity index (χ3v) is 5.79. The Labute approximate surface area is 177 Å².